The summed E-state index contributed by atoms with van der Waals surface area (Å²) in [5.41, 5.74) is 1.27. The first kappa shape index (κ1) is 17.4. The summed E-state index contributed by atoms with van der Waals surface area (Å²) >= 11 is 0. The zero-order valence-electron chi connectivity index (χ0n) is 14.6. The molecular weight excluding hydrogens is 302 g/mol. The minimum atomic E-state index is 0.193. The highest BCUT2D eigenvalue weighted by Crippen LogP contribution is 2.23. The van der Waals surface area contributed by atoms with Crippen LogP contribution in [0.15, 0.2) is 30.3 Å². The highest BCUT2D eigenvalue weighted by Gasteiger charge is 2.31. The number of carbonyl (C=O) groups is 1. The molecule has 0 bridgehead atoms. The third kappa shape index (κ3) is 4.35. The maximum atomic E-state index is 12.9. The number of rotatable bonds is 5. The maximum absolute atomic E-state index is 12.9. The number of methoxy groups -OCH3 is 1. The molecule has 3 rings (SSSR count). The second-order valence-electron chi connectivity index (χ2n) is 6.81. The molecule has 132 valence electrons. The van der Waals surface area contributed by atoms with Gasteiger partial charge in [0, 0.05) is 45.2 Å². The van der Waals surface area contributed by atoms with Crippen LogP contribution in [-0.2, 0) is 9.53 Å². The van der Waals surface area contributed by atoms with Crippen LogP contribution >= 0.6 is 0 Å². The van der Waals surface area contributed by atoms with Crippen molar-refractivity contribution < 1.29 is 9.53 Å². The van der Waals surface area contributed by atoms with Crippen LogP contribution in [0.25, 0.3) is 0 Å². The second-order valence-corrected chi connectivity index (χ2v) is 6.81. The van der Waals surface area contributed by atoms with E-state index < -0.39 is 0 Å². The van der Waals surface area contributed by atoms with E-state index in [2.05, 4.69) is 39.4 Å². The van der Waals surface area contributed by atoms with Crippen LogP contribution in [0.5, 0.6) is 0 Å². The van der Waals surface area contributed by atoms with E-state index in [1.54, 1.807) is 7.11 Å². The van der Waals surface area contributed by atoms with Gasteiger partial charge in [-0.25, -0.2) is 0 Å². The van der Waals surface area contributed by atoms with Gasteiger partial charge < -0.3 is 19.9 Å². The number of carbonyl (C=O) groups excluding carboxylic acids is 1. The minimum absolute atomic E-state index is 0.193. The van der Waals surface area contributed by atoms with E-state index in [-0.39, 0.29) is 12.0 Å². The zero-order chi connectivity index (χ0) is 16.8. The third-order valence-electron chi connectivity index (χ3n) is 5.24. The lowest BCUT2D eigenvalue weighted by atomic mass is 9.94. The molecule has 1 aromatic rings. The molecule has 1 atom stereocenters. The second kappa shape index (κ2) is 8.60. The molecule has 2 aliphatic heterocycles. The van der Waals surface area contributed by atoms with Gasteiger partial charge in [0.15, 0.2) is 0 Å². The van der Waals surface area contributed by atoms with Gasteiger partial charge >= 0.3 is 0 Å². The van der Waals surface area contributed by atoms with Crippen molar-refractivity contribution in [3.05, 3.63) is 35.9 Å². The molecular formula is C19H29N3O2. The quantitative estimate of drug-likeness (QED) is 0.888. The summed E-state index contributed by atoms with van der Waals surface area (Å²) < 4.78 is 5.14. The number of benzene rings is 1. The summed E-state index contributed by atoms with van der Waals surface area (Å²) in [7, 11) is 1.74. The smallest absolute Gasteiger partial charge is 0.225 e. The van der Waals surface area contributed by atoms with Gasteiger partial charge in [-0.05, 0) is 31.5 Å². The Kier molecular flexibility index (Phi) is 6.24. The molecule has 2 aliphatic rings. The molecule has 5 nitrogen and oxygen atoms in total. The molecule has 0 aromatic heterocycles. The fourth-order valence-corrected chi connectivity index (χ4v) is 3.74. The van der Waals surface area contributed by atoms with E-state index in [1.165, 1.54) is 5.56 Å². The number of hydrogen-bond acceptors (Lipinski definition) is 4. The molecule has 0 aliphatic carbocycles. The predicted molar refractivity (Wildman–Crippen MR) is 94.8 cm³/mol. The number of likely N-dealkylation sites (tertiary alicyclic amines) is 1. The first-order valence-corrected chi connectivity index (χ1v) is 9.06. The van der Waals surface area contributed by atoms with E-state index in [0.717, 1.165) is 58.7 Å². The highest BCUT2D eigenvalue weighted by atomic mass is 16.5. The van der Waals surface area contributed by atoms with Crippen LogP contribution in [0.2, 0.25) is 0 Å². The molecule has 1 N–H and O–H groups in total. The van der Waals surface area contributed by atoms with Gasteiger partial charge in [-0.2, -0.15) is 0 Å². The standard InChI is InChI=1S/C19H29N3O2/c1-24-14-13-21-10-7-17(8-11-21)19(23)22-12-9-20-18(15-22)16-5-3-2-4-6-16/h2-6,17-18,20H,7-15H2,1H3. The molecule has 0 saturated carbocycles. The highest BCUT2D eigenvalue weighted by molar-refractivity contribution is 5.79. The number of nitrogens with one attached hydrogen (secondary N) is 1. The molecule has 1 unspecified atom stereocenters. The van der Waals surface area contributed by atoms with Crippen LogP contribution in [0.4, 0.5) is 0 Å². The summed E-state index contributed by atoms with van der Waals surface area (Å²) in [6.45, 7) is 6.25. The number of hydrogen-bond donors (Lipinski definition) is 1. The lowest BCUT2D eigenvalue weighted by Gasteiger charge is -2.38. The van der Waals surface area contributed by atoms with E-state index in [1.807, 2.05) is 6.07 Å². The number of amides is 1. The van der Waals surface area contributed by atoms with Crippen molar-refractivity contribution in [2.24, 2.45) is 5.92 Å². The van der Waals surface area contributed by atoms with E-state index in [0.29, 0.717) is 5.91 Å². The number of nitrogens with zero attached hydrogens (tertiary/aromatic N) is 2. The topological polar surface area (TPSA) is 44.8 Å². The molecule has 1 amide bonds. The van der Waals surface area contributed by atoms with Gasteiger partial charge in [0.05, 0.1) is 6.61 Å². The van der Waals surface area contributed by atoms with Crippen molar-refractivity contribution >= 4 is 5.91 Å². The maximum Gasteiger partial charge on any atom is 0.225 e. The Bertz CT molecular complexity index is 515. The summed E-state index contributed by atoms with van der Waals surface area (Å²) in [4.78, 5) is 17.4. The Morgan fingerprint density at radius 2 is 1.96 bits per heavy atom. The molecule has 2 fully saturated rings. The molecule has 2 saturated heterocycles. The third-order valence-corrected chi connectivity index (χ3v) is 5.24. The zero-order valence-corrected chi connectivity index (χ0v) is 14.6. The van der Waals surface area contributed by atoms with Crippen molar-refractivity contribution in [1.82, 2.24) is 15.1 Å². The van der Waals surface area contributed by atoms with Crippen LogP contribution in [0, 0.1) is 5.92 Å². The normalized spacial score (nSPS) is 23.4. The Labute approximate surface area is 145 Å². The predicted octanol–water partition coefficient (Wildman–Crippen LogP) is 1.52. The number of piperidine rings is 1. The molecule has 24 heavy (non-hydrogen) atoms. The van der Waals surface area contributed by atoms with Crippen LogP contribution < -0.4 is 5.32 Å². The van der Waals surface area contributed by atoms with Gasteiger partial charge in [0.25, 0.3) is 0 Å². The van der Waals surface area contributed by atoms with Gasteiger partial charge in [-0.15, -0.1) is 0 Å². The van der Waals surface area contributed by atoms with Crippen molar-refractivity contribution in [1.29, 1.82) is 0 Å². The van der Waals surface area contributed by atoms with E-state index >= 15 is 0 Å². The average Bonchev–Trinajstić information content (AvgIpc) is 2.67. The van der Waals surface area contributed by atoms with Crippen LogP contribution in [0.3, 0.4) is 0 Å². The summed E-state index contributed by atoms with van der Waals surface area (Å²) in [6, 6.07) is 10.7. The van der Waals surface area contributed by atoms with Crippen molar-refractivity contribution in [3.8, 4) is 0 Å². The molecule has 0 radical (unpaired) electrons. The average molecular weight is 331 g/mol. The summed E-state index contributed by atoms with van der Waals surface area (Å²) in [5.74, 6) is 0.544. The SMILES string of the molecule is COCCN1CCC(C(=O)N2CCNC(c3ccccc3)C2)CC1. The minimum Gasteiger partial charge on any atom is -0.383 e. The number of piperazine rings is 1. The Hall–Kier alpha value is -1.43. The monoisotopic (exact) mass is 331 g/mol. The van der Waals surface area contributed by atoms with Gasteiger partial charge in [-0.3, -0.25) is 4.79 Å². The van der Waals surface area contributed by atoms with Crippen LogP contribution in [0.1, 0.15) is 24.4 Å². The Balaban J connectivity index is 1.52. The molecule has 1 aromatic carbocycles. The van der Waals surface area contributed by atoms with Crippen molar-refractivity contribution in [3.63, 3.8) is 0 Å². The summed E-state index contributed by atoms with van der Waals surface area (Å²) in [6.07, 6.45) is 1.95. The summed E-state index contributed by atoms with van der Waals surface area (Å²) in [5, 5.41) is 3.54. The fraction of sp³-hybridized carbons (Fsp3) is 0.632. The molecule has 0 spiro atoms. The van der Waals surface area contributed by atoms with Gasteiger partial charge in [-0.1, -0.05) is 30.3 Å². The Morgan fingerprint density at radius 3 is 2.67 bits per heavy atom. The molecule has 2 heterocycles. The first-order chi connectivity index (χ1) is 11.8. The van der Waals surface area contributed by atoms with Crippen LogP contribution in [-0.4, -0.2) is 68.7 Å². The Morgan fingerprint density at radius 1 is 1.21 bits per heavy atom. The van der Waals surface area contributed by atoms with E-state index in [9.17, 15) is 4.79 Å². The fourth-order valence-electron chi connectivity index (χ4n) is 3.74. The number of ether oxygens (including phenoxy) is 1. The lowest BCUT2D eigenvalue weighted by molar-refractivity contribution is -0.138. The van der Waals surface area contributed by atoms with E-state index in [4.69, 9.17) is 4.74 Å². The van der Waals surface area contributed by atoms with Gasteiger partial charge in [0.2, 0.25) is 5.91 Å². The largest absolute Gasteiger partial charge is 0.383 e. The van der Waals surface area contributed by atoms with Gasteiger partial charge in [0.1, 0.15) is 0 Å². The van der Waals surface area contributed by atoms with Crippen molar-refractivity contribution in [2.45, 2.75) is 18.9 Å². The first-order valence-electron chi connectivity index (χ1n) is 9.06. The molecule has 5 heteroatoms. The lowest BCUT2D eigenvalue weighted by Crippen LogP contribution is -2.51. The van der Waals surface area contributed by atoms with Crippen molar-refractivity contribution in [2.75, 3.05) is 53.0 Å².